The number of nitrogens with one attached hydrogen (secondary N) is 1. The SMILES string of the molecule is O=[C]CNc1nc(Cl)nc(Cl)n1. The highest BCUT2D eigenvalue weighted by atomic mass is 35.5. The molecule has 0 aliphatic carbocycles. The fraction of sp³-hybridized carbons (Fsp3) is 0.200. The molecule has 0 spiro atoms. The van der Waals surface area contributed by atoms with E-state index < -0.39 is 0 Å². The van der Waals surface area contributed by atoms with E-state index in [0.717, 1.165) is 0 Å². The number of hydrogen-bond acceptors (Lipinski definition) is 5. The maximum Gasteiger partial charge on any atom is 0.228 e. The molecule has 0 amide bonds. The summed E-state index contributed by atoms with van der Waals surface area (Å²) in [7, 11) is 0. The van der Waals surface area contributed by atoms with Gasteiger partial charge in [-0.25, -0.2) is 0 Å². The van der Waals surface area contributed by atoms with Gasteiger partial charge in [-0.3, -0.25) is 4.79 Å². The fourth-order valence-electron chi connectivity index (χ4n) is 0.520. The maximum absolute atomic E-state index is 9.82. The number of carbonyl (C=O) groups excluding carboxylic acids is 1. The summed E-state index contributed by atoms with van der Waals surface area (Å²) in [5.41, 5.74) is 0. The van der Waals surface area contributed by atoms with Crippen LogP contribution in [0.3, 0.4) is 0 Å². The van der Waals surface area contributed by atoms with Gasteiger partial charge in [-0.1, -0.05) is 0 Å². The third kappa shape index (κ3) is 2.60. The average molecular weight is 206 g/mol. The molecule has 0 aromatic carbocycles. The molecule has 1 aromatic rings. The van der Waals surface area contributed by atoms with Crippen LogP contribution in [0, 0.1) is 0 Å². The largest absolute Gasteiger partial charge is 0.346 e. The first kappa shape index (κ1) is 9.15. The number of halogens is 2. The van der Waals surface area contributed by atoms with Gasteiger partial charge in [0.2, 0.25) is 22.8 Å². The van der Waals surface area contributed by atoms with E-state index in [1.54, 1.807) is 6.29 Å². The number of aromatic nitrogens is 3. The molecule has 5 nitrogen and oxygen atoms in total. The highest BCUT2D eigenvalue weighted by molar-refractivity contribution is 6.31. The summed E-state index contributed by atoms with van der Waals surface area (Å²) in [6.07, 6.45) is 1.61. The minimum Gasteiger partial charge on any atom is -0.346 e. The Labute approximate surface area is 78.1 Å². The molecule has 0 saturated heterocycles. The summed E-state index contributed by atoms with van der Waals surface area (Å²) < 4.78 is 0. The van der Waals surface area contributed by atoms with Crippen LogP contribution in [0.25, 0.3) is 0 Å². The second-order valence-corrected chi connectivity index (χ2v) is 2.37. The van der Waals surface area contributed by atoms with Gasteiger partial charge in [-0.05, 0) is 23.2 Å². The van der Waals surface area contributed by atoms with Crippen molar-refractivity contribution in [1.29, 1.82) is 0 Å². The van der Waals surface area contributed by atoms with Crippen molar-refractivity contribution in [2.45, 2.75) is 0 Å². The van der Waals surface area contributed by atoms with Crippen molar-refractivity contribution in [1.82, 2.24) is 15.0 Å². The topological polar surface area (TPSA) is 67.8 Å². The van der Waals surface area contributed by atoms with Crippen molar-refractivity contribution in [3.05, 3.63) is 10.6 Å². The summed E-state index contributed by atoms with van der Waals surface area (Å²) in [6.45, 7) is -0.0172. The molecule has 1 radical (unpaired) electrons. The zero-order valence-electron chi connectivity index (χ0n) is 5.71. The van der Waals surface area contributed by atoms with Crippen molar-refractivity contribution in [3.63, 3.8) is 0 Å². The molecule has 7 heteroatoms. The molecular weight excluding hydrogens is 203 g/mol. The highest BCUT2D eigenvalue weighted by Gasteiger charge is 2.00. The summed E-state index contributed by atoms with van der Waals surface area (Å²) in [5.74, 6) is 0.156. The van der Waals surface area contributed by atoms with Gasteiger partial charge >= 0.3 is 0 Å². The summed E-state index contributed by atoms with van der Waals surface area (Å²) in [5, 5.41) is 2.47. The van der Waals surface area contributed by atoms with E-state index in [4.69, 9.17) is 23.2 Å². The predicted molar refractivity (Wildman–Crippen MR) is 44.0 cm³/mol. The Kier molecular flexibility index (Phi) is 3.19. The van der Waals surface area contributed by atoms with Crippen LogP contribution >= 0.6 is 23.2 Å². The van der Waals surface area contributed by atoms with Crippen LogP contribution in [0.15, 0.2) is 0 Å². The molecule has 1 heterocycles. The lowest BCUT2D eigenvalue weighted by Crippen LogP contribution is -2.06. The molecule has 0 atom stereocenters. The van der Waals surface area contributed by atoms with Crippen molar-refractivity contribution < 1.29 is 4.79 Å². The number of rotatable bonds is 3. The molecule has 0 bridgehead atoms. The molecule has 0 saturated carbocycles. The van der Waals surface area contributed by atoms with Crippen LogP contribution in [-0.4, -0.2) is 27.8 Å². The molecule has 12 heavy (non-hydrogen) atoms. The van der Waals surface area contributed by atoms with Gasteiger partial charge < -0.3 is 5.32 Å². The van der Waals surface area contributed by atoms with Crippen LogP contribution in [0.4, 0.5) is 5.95 Å². The number of hydrogen-bond donors (Lipinski definition) is 1. The van der Waals surface area contributed by atoms with E-state index >= 15 is 0 Å². The van der Waals surface area contributed by atoms with E-state index in [0.29, 0.717) is 0 Å². The average Bonchev–Trinajstić information content (AvgIpc) is 1.99. The van der Waals surface area contributed by atoms with E-state index in [1.807, 2.05) is 0 Å². The van der Waals surface area contributed by atoms with Crippen LogP contribution in [0.5, 0.6) is 0 Å². The molecule has 0 aliphatic rings. The normalized spacial score (nSPS) is 9.50. The molecule has 1 rings (SSSR count). The van der Waals surface area contributed by atoms with Gasteiger partial charge in [-0.2, -0.15) is 15.0 Å². The monoisotopic (exact) mass is 205 g/mol. The second-order valence-electron chi connectivity index (χ2n) is 1.69. The first-order valence-corrected chi connectivity index (χ1v) is 3.64. The van der Waals surface area contributed by atoms with Crippen molar-refractivity contribution in [2.24, 2.45) is 0 Å². The van der Waals surface area contributed by atoms with Gasteiger partial charge in [0.1, 0.15) is 0 Å². The van der Waals surface area contributed by atoms with Gasteiger partial charge in [-0.15, -0.1) is 0 Å². The molecule has 63 valence electrons. The lowest BCUT2D eigenvalue weighted by Gasteiger charge is -1.98. The standard InChI is InChI=1S/C5H3Cl2N4O/c6-3-9-4(7)11-5(10-3)8-1-2-12/h1H2,(H,8,9,10,11). The maximum atomic E-state index is 9.82. The molecule has 1 aromatic heterocycles. The van der Waals surface area contributed by atoms with Crippen LogP contribution in [0.2, 0.25) is 10.6 Å². The van der Waals surface area contributed by atoms with E-state index in [9.17, 15) is 4.79 Å². The van der Waals surface area contributed by atoms with Crippen molar-refractivity contribution in [2.75, 3.05) is 11.9 Å². The Morgan fingerprint density at radius 3 is 2.33 bits per heavy atom. The van der Waals surface area contributed by atoms with Gasteiger partial charge in [0.05, 0.1) is 6.54 Å². The summed E-state index contributed by atoms with van der Waals surface area (Å²) >= 11 is 10.9. The zero-order valence-corrected chi connectivity index (χ0v) is 7.22. The van der Waals surface area contributed by atoms with E-state index in [-0.39, 0.29) is 23.1 Å². The highest BCUT2D eigenvalue weighted by Crippen LogP contribution is 2.08. The van der Waals surface area contributed by atoms with Crippen LogP contribution in [0.1, 0.15) is 0 Å². The Hall–Kier alpha value is -0.940. The zero-order chi connectivity index (χ0) is 8.97. The summed E-state index contributed by atoms with van der Waals surface area (Å²) in [6, 6.07) is 0. The van der Waals surface area contributed by atoms with E-state index in [2.05, 4.69) is 20.3 Å². The van der Waals surface area contributed by atoms with Crippen LogP contribution in [-0.2, 0) is 4.79 Å². The molecule has 0 unspecified atom stereocenters. The minimum atomic E-state index is -0.0246. The smallest absolute Gasteiger partial charge is 0.228 e. The fourth-order valence-corrected chi connectivity index (χ4v) is 0.884. The lowest BCUT2D eigenvalue weighted by atomic mass is 10.7. The molecule has 1 N–H and O–H groups in total. The number of anilines is 1. The van der Waals surface area contributed by atoms with Crippen molar-refractivity contribution >= 4 is 35.4 Å². The third-order valence-corrected chi connectivity index (χ3v) is 1.24. The first-order valence-electron chi connectivity index (χ1n) is 2.88. The first-order chi connectivity index (χ1) is 5.72. The molecule has 0 aliphatic heterocycles. The Morgan fingerprint density at radius 1 is 1.25 bits per heavy atom. The lowest BCUT2D eigenvalue weighted by molar-refractivity contribution is 0.557. The Morgan fingerprint density at radius 2 is 1.83 bits per heavy atom. The third-order valence-electron chi connectivity index (χ3n) is 0.900. The van der Waals surface area contributed by atoms with Gasteiger partial charge in [0, 0.05) is 0 Å². The predicted octanol–water partition coefficient (Wildman–Crippen LogP) is 0.700. The van der Waals surface area contributed by atoms with Crippen LogP contribution < -0.4 is 5.32 Å². The molecular formula is C5H3Cl2N4O. The Bertz CT molecular complexity index is 273. The van der Waals surface area contributed by atoms with Crippen molar-refractivity contribution in [3.8, 4) is 0 Å². The van der Waals surface area contributed by atoms with Gasteiger partial charge in [0.25, 0.3) is 0 Å². The quantitative estimate of drug-likeness (QED) is 0.788. The van der Waals surface area contributed by atoms with E-state index in [1.165, 1.54) is 0 Å². The van der Waals surface area contributed by atoms with Gasteiger partial charge in [0.15, 0.2) is 0 Å². The summed E-state index contributed by atoms with van der Waals surface area (Å²) in [4.78, 5) is 20.6. The Balaban J connectivity index is 2.78. The number of nitrogens with zero attached hydrogens (tertiary/aromatic N) is 3. The molecule has 0 fully saturated rings. The second kappa shape index (κ2) is 4.18. The minimum absolute atomic E-state index is 0.0172.